The molecule has 2 saturated heterocycles. The van der Waals surface area contributed by atoms with Crippen LogP contribution >= 0.6 is 0 Å². The van der Waals surface area contributed by atoms with Crippen LogP contribution in [-0.2, 0) is 9.53 Å². The lowest BCUT2D eigenvalue weighted by molar-refractivity contribution is -0.146. The minimum Gasteiger partial charge on any atom is -0.497 e. The minimum absolute atomic E-state index is 0.0109. The Bertz CT molecular complexity index is 666. The fourth-order valence-corrected chi connectivity index (χ4v) is 3.77. The molecule has 0 bridgehead atoms. The van der Waals surface area contributed by atoms with Gasteiger partial charge in [-0.3, -0.25) is 9.59 Å². The molecule has 0 saturated carbocycles. The van der Waals surface area contributed by atoms with E-state index in [1.54, 1.807) is 19.2 Å². The number of piperazine rings is 1. The van der Waals surface area contributed by atoms with Crippen molar-refractivity contribution < 1.29 is 19.1 Å². The molecule has 26 heavy (non-hydrogen) atoms. The predicted octanol–water partition coefficient (Wildman–Crippen LogP) is 2.18. The van der Waals surface area contributed by atoms with Crippen molar-refractivity contribution in [3.05, 3.63) is 29.8 Å². The number of carbonyl (C=O) groups excluding carboxylic acids is 2. The highest BCUT2D eigenvalue weighted by atomic mass is 16.5. The first kappa shape index (κ1) is 18.7. The normalized spacial score (nSPS) is 22.8. The lowest BCUT2D eigenvalue weighted by Crippen LogP contribution is -2.53. The predicted molar refractivity (Wildman–Crippen MR) is 98.2 cm³/mol. The number of methoxy groups -OCH3 is 1. The van der Waals surface area contributed by atoms with Crippen molar-refractivity contribution in [3.63, 3.8) is 0 Å². The molecule has 6 heteroatoms. The molecule has 0 N–H and O–H groups in total. The van der Waals surface area contributed by atoms with Gasteiger partial charge in [0, 0.05) is 44.3 Å². The summed E-state index contributed by atoms with van der Waals surface area (Å²) in [6, 6.07) is 7.19. The molecule has 0 radical (unpaired) electrons. The Balaban J connectivity index is 1.56. The summed E-state index contributed by atoms with van der Waals surface area (Å²) in [4.78, 5) is 29.2. The minimum atomic E-state index is -0.233. The molecule has 142 valence electrons. The fraction of sp³-hybridized carbons (Fsp3) is 0.600. The second kappa shape index (κ2) is 7.66. The van der Waals surface area contributed by atoms with E-state index in [9.17, 15) is 9.59 Å². The monoisotopic (exact) mass is 360 g/mol. The lowest BCUT2D eigenvalue weighted by atomic mass is 9.87. The maximum Gasteiger partial charge on any atom is 0.254 e. The first-order valence-corrected chi connectivity index (χ1v) is 9.26. The van der Waals surface area contributed by atoms with Crippen molar-refractivity contribution in [1.82, 2.24) is 9.80 Å². The molecule has 2 aliphatic rings. The highest BCUT2D eigenvalue weighted by Gasteiger charge is 2.36. The zero-order valence-corrected chi connectivity index (χ0v) is 15.9. The van der Waals surface area contributed by atoms with Gasteiger partial charge in [0.25, 0.3) is 5.91 Å². The number of hydrogen-bond donors (Lipinski definition) is 0. The van der Waals surface area contributed by atoms with Gasteiger partial charge < -0.3 is 19.3 Å². The van der Waals surface area contributed by atoms with Crippen molar-refractivity contribution in [1.29, 1.82) is 0 Å². The molecule has 6 nitrogen and oxygen atoms in total. The molecule has 1 aromatic carbocycles. The second-order valence-corrected chi connectivity index (χ2v) is 7.65. The zero-order chi connectivity index (χ0) is 18.7. The number of rotatable bonds is 3. The van der Waals surface area contributed by atoms with Gasteiger partial charge in [-0.25, -0.2) is 0 Å². The molecule has 0 aliphatic carbocycles. The zero-order valence-electron chi connectivity index (χ0n) is 15.9. The summed E-state index contributed by atoms with van der Waals surface area (Å²) >= 11 is 0. The summed E-state index contributed by atoms with van der Waals surface area (Å²) in [5.74, 6) is 0.893. The number of ether oxygens (including phenoxy) is 2. The summed E-state index contributed by atoms with van der Waals surface area (Å²) in [6.07, 6.45) is 1.54. The van der Waals surface area contributed by atoms with Crippen LogP contribution in [-0.4, -0.2) is 67.1 Å². The number of carbonyl (C=O) groups is 2. The molecule has 3 rings (SSSR count). The van der Waals surface area contributed by atoms with Gasteiger partial charge in [0.1, 0.15) is 5.75 Å². The van der Waals surface area contributed by atoms with E-state index < -0.39 is 0 Å². The van der Waals surface area contributed by atoms with Crippen molar-refractivity contribution in [3.8, 4) is 5.75 Å². The Morgan fingerprint density at radius 1 is 1.15 bits per heavy atom. The quantitative estimate of drug-likeness (QED) is 0.829. The molecule has 2 amide bonds. The average Bonchev–Trinajstić information content (AvgIpc) is 2.66. The third-order valence-corrected chi connectivity index (χ3v) is 5.24. The number of benzene rings is 1. The molecule has 0 aromatic heterocycles. The number of hydrogen-bond acceptors (Lipinski definition) is 4. The largest absolute Gasteiger partial charge is 0.497 e. The summed E-state index contributed by atoms with van der Waals surface area (Å²) < 4.78 is 10.9. The highest BCUT2D eigenvalue weighted by Crippen LogP contribution is 2.30. The van der Waals surface area contributed by atoms with Gasteiger partial charge in [-0.2, -0.15) is 0 Å². The maximum absolute atomic E-state index is 12.8. The van der Waals surface area contributed by atoms with Crippen LogP contribution in [0, 0.1) is 5.92 Å². The molecule has 2 fully saturated rings. The van der Waals surface area contributed by atoms with Gasteiger partial charge in [-0.15, -0.1) is 0 Å². The van der Waals surface area contributed by atoms with E-state index in [-0.39, 0.29) is 23.3 Å². The van der Waals surface area contributed by atoms with Crippen LogP contribution in [0.15, 0.2) is 24.3 Å². The lowest BCUT2D eigenvalue weighted by Gasteiger charge is -2.40. The van der Waals surface area contributed by atoms with Crippen LogP contribution in [0.4, 0.5) is 0 Å². The van der Waals surface area contributed by atoms with Crippen LogP contribution in [0.25, 0.3) is 0 Å². The van der Waals surface area contributed by atoms with E-state index >= 15 is 0 Å². The third kappa shape index (κ3) is 4.18. The van der Waals surface area contributed by atoms with E-state index in [4.69, 9.17) is 9.47 Å². The van der Waals surface area contributed by atoms with Crippen molar-refractivity contribution in [2.24, 2.45) is 5.92 Å². The topological polar surface area (TPSA) is 59.1 Å². The first-order chi connectivity index (χ1) is 12.4. The van der Waals surface area contributed by atoms with Gasteiger partial charge in [-0.1, -0.05) is 6.07 Å². The fourth-order valence-electron chi connectivity index (χ4n) is 3.77. The van der Waals surface area contributed by atoms with E-state index in [1.165, 1.54) is 0 Å². The molecule has 2 aliphatic heterocycles. The Labute approximate surface area is 155 Å². The van der Waals surface area contributed by atoms with Crippen LogP contribution < -0.4 is 4.74 Å². The number of amides is 2. The summed E-state index contributed by atoms with van der Waals surface area (Å²) in [6.45, 7) is 7.02. The Kier molecular flexibility index (Phi) is 5.51. The van der Waals surface area contributed by atoms with E-state index in [1.807, 2.05) is 35.8 Å². The summed E-state index contributed by atoms with van der Waals surface area (Å²) in [5, 5.41) is 0. The Hall–Kier alpha value is -2.08. The number of nitrogens with zero attached hydrogens (tertiary/aromatic N) is 2. The van der Waals surface area contributed by atoms with Gasteiger partial charge in [0.05, 0.1) is 12.7 Å². The van der Waals surface area contributed by atoms with Crippen LogP contribution in [0.2, 0.25) is 0 Å². The van der Waals surface area contributed by atoms with Crippen molar-refractivity contribution >= 4 is 11.8 Å². The van der Waals surface area contributed by atoms with Gasteiger partial charge in [0.2, 0.25) is 5.91 Å². The standard InChI is InChI=1S/C20H28N2O4/c1-20(2)14-16(7-12-26-20)19(24)22-10-8-21(9-11-22)18(23)15-5-4-6-17(13-15)25-3/h4-6,13,16H,7-12,14H2,1-3H3. The van der Waals surface area contributed by atoms with Gasteiger partial charge in [0.15, 0.2) is 0 Å². The van der Waals surface area contributed by atoms with Gasteiger partial charge >= 0.3 is 0 Å². The van der Waals surface area contributed by atoms with Crippen molar-refractivity contribution in [2.45, 2.75) is 32.3 Å². The van der Waals surface area contributed by atoms with Gasteiger partial charge in [-0.05, 0) is 44.9 Å². The first-order valence-electron chi connectivity index (χ1n) is 9.26. The molecule has 2 heterocycles. The molecule has 1 unspecified atom stereocenters. The Morgan fingerprint density at radius 2 is 1.85 bits per heavy atom. The molecular formula is C20H28N2O4. The summed E-state index contributed by atoms with van der Waals surface area (Å²) in [5.41, 5.74) is 0.387. The molecule has 1 atom stereocenters. The smallest absolute Gasteiger partial charge is 0.254 e. The van der Waals surface area contributed by atoms with Crippen LogP contribution in [0.1, 0.15) is 37.0 Å². The second-order valence-electron chi connectivity index (χ2n) is 7.65. The van der Waals surface area contributed by atoms with E-state index in [0.29, 0.717) is 44.1 Å². The summed E-state index contributed by atoms with van der Waals surface area (Å²) in [7, 11) is 1.59. The SMILES string of the molecule is COc1cccc(C(=O)N2CCN(C(=O)C3CCOC(C)(C)C3)CC2)c1. The van der Waals surface area contributed by atoms with Crippen LogP contribution in [0.3, 0.4) is 0 Å². The third-order valence-electron chi connectivity index (χ3n) is 5.24. The van der Waals surface area contributed by atoms with E-state index in [2.05, 4.69) is 0 Å². The maximum atomic E-state index is 12.8. The molecule has 1 aromatic rings. The average molecular weight is 360 g/mol. The van der Waals surface area contributed by atoms with Crippen LogP contribution in [0.5, 0.6) is 5.75 Å². The molecular weight excluding hydrogens is 332 g/mol. The Morgan fingerprint density at radius 3 is 2.50 bits per heavy atom. The highest BCUT2D eigenvalue weighted by molar-refractivity contribution is 5.94. The van der Waals surface area contributed by atoms with E-state index in [0.717, 1.165) is 12.8 Å². The molecule has 0 spiro atoms. The van der Waals surface area contributed by atoms with Crippen molar-refractivity contribution in [2.75, 3.05) is 39.9 Å².